The van der Waals surface area contributed by atoms with Crippen LogP contribution in [-0.4, -0.2) is 11.4 Å². The van der Waals surface area contributed by atoms with Crippen molar-refractivity contribution in [1.29, 1.82) is 0 Å². The molecular formula is C9H5IO2S. The summed E-state index contributed by atoms with van der Waals surface area (Å²) in [5.41, 5.74) is 0.517. The molecule has 2 aromatic rings. The Labute approximate surface area is 92.3 Å². The Morgan fingerprint density at radius 2 is 2.23 bits per heavy atom. The zero-order valence-electron chi connectivity index (χ0n) is 6.45. The minimum Gasteiger partial charge on any atom is -0.507 e. The standard InChI is InChI=1S/C9H5IO2S/c10-6-4-13-8-2-5(3-11)1-7(12)9(6)8/h1-4,12H. The molecular weight excluding hydrogens is 299 g/mol. The van der Waals surface area contributed by atoms with E-state index in [1.54, 1.807) is 6.07 Å². The van der Waals surface area contributed by atoms with Gasteiger partial charge in [-0.15, -0.1) is 11.3 Å². The van der Waals surface area contributed by atoms with Crippen molar-refractivity contribution >= 4 is 50.3 Å². The van der Waals surface area contributed by atoms with Crippen LogP contribution in [0.3, 0.4) is 0 Å². The van der Waals surface area contributed by atoms with Crippen LogP contribution in [0.1, 0.15) is 10.4 Å². The number of fused-ring (bicyclic) bond motifs is 1. The fraction of sp³-hybridized carbons (Fsp3) is 0. The molecule has 0 saturated heterocycles. The second-order valence-corrected chi connectivity index (χ2v) is 4.69. The second kappa shape index (κ2) is 3.26. The molecule has 0 spiro atoms. The lowest BCUT2D eigenvalue weighted by molar-refractivity contribution is 0.112. The first kappa shape index (κ1) is 8.96. The third kappa shape index (κ3) is 1.44. The fourth-order valence-electron chi connectivity index (χ4n) is 1.20. The van der Waals surface area contributed by atoms with Gasteiger partial charge in [0.2, 0.25) is 0 Å². The number of hydrogen-bond donors (Lipinski definition) is 1. The maximum absolute atomic E-state index is 10.5. The highest BCUT2D eigenvalue weighted by atomic mass is 127. The van der Waals surface area contributed by atoms with Gasteiger partial charge in [-0.2, -0.15) is 0 Å². The average molecular weight is 304 g/mol. The summed E-state index contributed by atoms with van der Waals surface area (Å²) in [6, 6.07) is 3.28. The lowest BCUT2D eigenvalue weighted by Crippen LogP contribution is -1.79. The minimum atomic E-state index is 0.185. The quantitative estimate of drug-likeness (QED) is 0.649. The van der Waals surface area contributed by atoms with E-state index in [9.17, 15) is 9.90 Å². The Bertz CT molecular complexity index is 476. The second-order valence-electron chi connectivity index (χ2n) is 2.61. The molecule has 66 valence electrons. The maximum atomic E-state index is 10.5. The van der Waals surface area contributed by atoms with Crippen LogP contribution in [0.5, 0.6) is 5.75 Å². The van der Waals surface area contributed by atoms with Crippen LogP contribution in [0.2, 0.25) is 0 Å². The normalized spacial score (nSPS) is 10.5. The highest BCUT2D eigenvalue weighted by Crippen LogP contribution is 2.34. The molecule has 0 saturated carbocycles. The van der Waals surface area contributed by atoms with Gasteiger partial charge in [0.1, 0.15) is 12.0 Å². The van der Waals surface area contributed by atoms with E-state index in [2.05, 4.69) is 22.6 Å². The van der Waals surface area contributed by atoms with Crippen LogP contribution >= 0.6 is 33.9 Å². The van der Waals surface area contributed by atoms with Crippen molar-refractivity contribution in [2.45, 2.75) is 0 Å². The van der Waals surface area contributed by atoms with E-state index >= 15 is 0 Å². The Kier molecular flexibility index (Phi) is 2.25. The van der Waals surface area contributed by atoms with Gasteiger partial charge in [0.25, 0.3) is 0 Å². The van der Waals surface area contributed by atoms with Crippen molar-refractivity contribution < 1.29 is 9.90 Å². The molecule has 1 aromatic heterocycles. The van der Waals surface area contributed by atoms with Gasteiger partial charge in [0, 0.05) is 24.6 Å². The van der Waals surface area contributed by atoms with E-state index < -0.39 is 0 Å². The first-order valence-electron chi connectivity index (χ1n) is 3.57. The number of benzene rings is 1. The van der Waals surface area contributed by atoms with E-state index in [1.807, 2.05) is 5.38 Å². The molecule has 0 aliphatic carbocycles. The summed E-state index contributed by atoms with van der Waals surface area (Å²) in [6.07, 6.45) is 0.742. The molecule has 0 aliphatic rings. The zero-order chi connectivity index (χ0) is 9.42. The smallest absolute Gasteiger partial charge is 0.150 e. The topological polar surface area (TPSA) is 37.3 Å². The Morgan fingerprint density at radius 3 is 2.92 bits per heavy atom. The van der Waals surface area contributed by atoms with Crippen molar-refractivity contribution in [3.63, 3.8) is 0 Å². The largest absolute Gasteiger partial charge is 0.507 e. The van der Waals surface area contributed by atoms with Crippen LogP contribution in [0.25, 0.3) is 10.1 Å². The van der Waals surface area contributed by atoms with E-state index in [-0.39, 0.29) is 5.75 Å². The van der Waals surface area contributed by atoms with E-state index in [0.29, 0.717) is 5.56 Å². The number of hydrogen-bond acceptors (Lipinski definition) is 3. The Balaban J connectivity index is 2.86. The summed E-state index contributed by atoms with van der Waals surface area (Å²) in [4.78, 5) is 10.5. The van der Waals surface area contributed by atoms with Gasteiger partial charge in [-0.1, -0.05) is 0 Å². The van der Waals surface area contributed by atoms with E-state index in [0.717, 1.165) is 19.9 Å². The number of aldehydes is 1. The summed E-state index contributed by atoms with van der Waals surface area (Å²) in [7, 11) is 0. The molecule has 0 amide bonds. The summed E-state index contributed by atoms with van der Waals surface area (Å²) in [5, 5.41) is 12.4. The lowest BCUT2D eigenvalue weighted by Gasteiger charge is -1.97. The molecule has 2 nitrogen and oxygen atoms in total. The number of phenolic OH excluding ortho intramolecular Hbond substituents is 1. The molecule has 13 heavy (non-hydrogen) atoms. The average Bonchev–Trinajstić information content (AvgIpc) is 2.48. The molecule has 0 aliphatic heterocycles. The third-order valence-electron chi connectivity index (χ3n) is 1.77. The van der Waals surface area contributed by atoms with Crippen molar-refractivity contribution in [3.05, 3.63) is 26.6 Å². The third-order valence-corrected chi connectivity index (χ3v) is 3.97. The molecule has 0 fully saturated rings. The van der Waals surface area contributed by atoms with E-state index in [4.69, 9.17) is 0 Å². The zero-order valence-corrected chi connectivity index (χ0v) is 9.43. The van der Waals surface area contributed by atoms with Gasteiger partial charge in [-0.05, 0) is 34.7 Å². The fourth-order valence-corrected chi connectivity index (χ4v) is 3.21. The molecule has 4 heteroatoms. The molecule has 1 N–H and O–H groups in total. The van der Waals surface area contributed by atoms with Crippen molar-refractivity contribution in [2.75, 3.05) is 0 Å². The summed E-state index contributed by atoms with van der Waals surface area (Å²) in [6.45, 7) is 0. The molecule has 0 atom stereocenters. The van der Waals surface area contributed by atoms with Crippen molar-refractivity contribution in [2.24, 2.45) is 0 Å². The number of aromatic hydroxyl groups is 1. The monoisotopic (exact) mass is 304 g/mol. The summed E-state index contributed by atoms with van der Waals surface area (Å²) in [5.74, 6) is 0.185. The first-order valence-corrected chi connectivity index (χ1v) is 5.53. The lowest BCUT2D eigenvalue weighted by atomic mass is 10.2. The molecule has 1 heterocycles. The number of carbonyl (C=O) groups excluding carboxylic acids is 1. The number of carbonyl (C=O) groups is 1. The van der Waals surface area contributed by atoms with Crippen molar-refractivity contribution in [1.82, 2.24) is 0 Å². The van der Waals surface area contributed by atoms with Gasteiger partial charge in [0.15, 0.2) is 0 Å². The number of halogens is 1. The number of thiophene rings is 1. The van der Waals surface area contributed by atoms with Gasteiger partial charge < -0.3 is 5.11 Å². The number of phenols is 1. The highest BCUT2D eigenvalue weighted by Gasteiger charge is 2.07. The molecule has 0 bridgehead atoms. The van der Waals surface area contributed by atoms with E-state index in [1.165, 1.54) is 17.4 Å². The minimum absolute atomic E-state index is 0.185. The van der Waals surface area contributed by atoms with Gasteiger partial charge in [-0.3, -0.25) is 4.79 Å². The predicted molar refractivity (Wildman–Crippen MR) is 61.6 cm³/mol. The van der Waals surface area contributed by atoms with Crippen LogP contribution in [0.15, 0.2) is 17.5 Å². The molecule has 1 aromatic carbocycles. The van der Waals surface area contributed by atoms with Gasteiger partial charge >= 0.3 is 0 Å². The predicted octanol–water partition coefficient (Wildman–Crippen LogP) is 3.02. The summed E-state index contributed by atoms with van der Waals surface area (Å²) < 4.78 is 1.97. The Hall–Kier alpha value is -0.620. The number of rotatable bonds is 1. The van der Waals surface area contributed by atoms with Crippen LogP contribution in [-0.2, 0) is 0 Å². The molecule has 0 unspecified atom stereocenters. The van der Waals surface area contributed by atoms with Crippen LogP contribution in [0.4, 0.5) is 0 Å². The van der Waals surface area contributed by atoms with Crippen LogP contribution in [0, 0.1) is 3.57 Å². The first-order chi connectivity index (χ1) is 6.22. The van der Waals surface area contributed by atoms with Gasteiger partial charge in [-0.25, -0.2) is 0 Å². The molecule has 0 radical (unpaired) electrons. The van der Waals surface area contributed by atoms with Crippen LogP contribution < -0.4 is 0 Å². The summed E-state index contributed by atoms with van der Waals surface area (Å²) >= 11 is 3.70. The highest BCUT2D eigenvalue weighted by molar-refractivity contribution is 14.1. The SMILES string of the molecule is O=Cc1cc(O)c2c(I)csc2c1. The molecule has 2 rings (SSSR count). The van der Waals surface area contributed by atoms with Gasteiger partial charge in [0.05, 0.1) is 0 Å². The maximum Gasteiger partial charge on any atom is 0.150 e. The Morgan fingerprint density at radius 1 is 1.46 bits per heavy atom. The van der Waals surface area contributed by atoms with Crippen molar-refractivity contribution in [3.8, 4) is 5.75 Å².